The first-order chi connectivity index (χ1) is 5.91. The van der Waals surface area contributed by atoms with Crippen molar-refractivity contribution < 1.29 is 16.9 Å². The Balaban J connectivity index is 0. The van der Waals surface area contributed by atoms with Crippen LogP contribution in [0.15, 0.2) is 24.3 Å². The number of nitrogens with zero attached hydrogens (tertiary/aromatic N) is 1. The van der Waals surface area contributed by atoms with E-state index in [1.807, 2.05) is 0 Å². The van der Waals surface area contributed by atoms with Gasteiger partial charge in [0.2, 0.25) is 0 Å². The summed E-state index contributed by atoms with van der Waals surface area (Å²) in [6, 6.07) is 4.27. The van der Waals surface area contributed by atoms with Gasteiger partial charge in [-0.25, -0.2) is 0 Å². The van der Waals surface area contributed by atoms with Crippen LogP contribution in [0.2, 0.25) is 0 Å². The molecule has 0 aliphatic heterocycles. The number of nitro groups is 1. The average Bonchev–Trinajstić information content (AvgIpc) is 2.03. The van der Waals surface area contributed by atoms with Gasteiger partial charge >= 0.3 is 75.4 Å². The minimum absolute atomic E-state index is 0. The molecule has 0 fully saturated rings. The third-order valence-corrected chi connectivity index (χ3v) is 3.43. The number of non-ortho nitro benzene ring substituents is 1. The van der Waals surface area contributed by atoms with Crippen LogP contribution in [0.3, 0.4) is 0 Å². The monoisotopic (exact) mass is 281 g/mol. The molecule has 0 saturated heterocycles. The zero-order valence-corrected chi connectivity index (χ0v) is 9.61. The Morgan fingerprint density at radius 2 is 1.53 bits per heavy atom. The van der Waals surface area contributed by atoms with Crippen LogP contribution in [-0.2, 0) is 3.74 Å². The van der Waals surface area contributed by atoms with Gasteiger partial charge in [0.25, 0.3) is 0 Å². The number of nitro benzene ring substituents is 1. The fourth-order valence-electron chi connectivity index (χ4n) is 0.769. The Hall–Kier alpha value is -1.18. The molecule has 0 amide bonds. The average molecular weight is 281 g/mol. The molecule has 15 heavy (non-hydrogen) atoms. The SMILES string of the molecule is N.N.O=[N+]([O-])c1ccc([As](=O)(O)O)cc1. The Bertz CT molecular complexity index is 373. The summed E-state index contributed by atoms with van der Waals surface area (Å²) in [4.78, 5) is 9.55. The number of hydrogen-bond donors (Lipinski definition) is 4. The zero-order chi connectivity index (χ0) is 10.1. The van der Waals surface area contributed by atoms with Crippen molar-refractivity contribution in [3.05, 3.63) is 34.4 Å². The molecule has 0 aromatic heterocycles. The van der Waals surface area contributed by atoms with Crippen molar-refractivity contribution in [2.75, 3.05) is 0 Å². The van der Waals surface area contributed by atoms with Crippen molar-refractivity contribution in [2.45, 2.75) is 0 Å². The first-order valence-corrected chi connectivity index (χ1v) is 6.60. The molecule has 86 valence electrons. The summed E-state index contributed by atoms with van der Waals surface area (Å²) in [5.41, 5.74) is -0.187. The van der Waals surface area contributed by atoms with Crippen LogP contribution in [0.4, 0.5) is 5.69 Å². The molecular weight excluding hydrogens is 269 g/mol. The summed E-state index contributed by atoms with van der Waals surface area (Å²) in [6.45, 7) is 0. The van der Waals surface area contributed by atoms with E-state index in [-0.39, 0.29) is 22.3 Å². The van der Waals surface area contributed by atoms with Crippen LogP contribution in [0.25, 0.3) is 0 Å². The van der Waals surface area contributed by atoms with E-state index >= 15 is 0 Å². The standard InChI is InChI=1S/C6H6AsNO5.2H3N/c9-7(10,11)5-1-3-6(4-2-5)8(12)13;;/h1-4H,(H2,9,10,11);2*1H3. The molecule has 0 aliphatic carbocycles. The molecule has 0 spiro atoms. The van der Waals surface area contributed by atoms with Gasteiger partial charge < -0.3 is 12.3 Å². The first-order valence-electron chi connectivity index (χ1n) is 3.22. The molecule has 0 unspecified atom stereocenters. The fraction of sp³-hybridized carbons (Fsp3) is 0. The first kappa shape index (κ1) is 16.3. The molecule has 8 nitrogen and oxygen atoms in total. The van der Waals surface area contributed by atoms with Crippen molar-refractivity contribution in [3.63, 3.8) is 0 Å². The Morgan fingerprint density at radius 1 is 1.13 bits per heavy atom. The molecule has 0 atom stereocenters. The minimum atomic E-state index is -4.89. The van der Waals surface area contributed by atoms with Crippen molar-refractivity contribution in [1.29, 1.82) is 0 Å². The van der Waals surface area contributed by atoms with Crippen molar-refractivity contribution in [3.8, 4) is 0 Å². The topological polar surface area (TPSA) is 171 Å². The molecular formula is C6H12AsN3O5. The quantitative estimate of drug-likeness (QED) is 0.320. The van der Waals surface area contributed by atoms with Gasteiger partial charge in [-0.2, -0.15) is 0 Å². The van der Waals surface area contributed by atoms with Crippen LogP contribution in [-0.4, -0.2) is 27.3 Å². The molecule has 0 bridgehead atoms. The van der Waals surface area contributed by atoms with Gasteiger partial charge in [0.1, 0.15) is 0 Å². The van der Waals surface area contributed by atoms with Crippen molar-refractivity contribution in [1.82, 2.24) is 12.3 Å². The molecule has 0 radical (unpaired) electrons. The van der Waals surface area contributed by atoms with Crippen LogP contribution >= 0.6 is 0 Å². The summed E-state index contributed by atoms with van der Waals surface area (Å²) in [5, 5.41) is 10.2. The maximum atomic E-state index is 10.7. The van der Waals surface area contributed by atoms with E-state index in [9.17, 15) is 13.9 Å². The third kappa shape index (κ3) is 4.24. The van der Waals surface area contributed by atoms with Gasteiger partial charge in [0.05, 0.1) is 0 Å². The van der Waals surface area contributed by atoms with E-state index < -0.39 is 19.1 Å². The van der Waals surface area contributed by atoms with E-state index in [2.05, 4.69) is 0 Å². The van der Waals surface area contributed by atoms with Crippen LogP contribution in [0.1, 0.15) is 0 Å². The molecule has 1 aromatic carbocycles. The van der Waals surface area contributed by atoms with Gasteiger partial charge in [0.15, 0.2) is 0 Å². The van der Waals surface area contributed by atoms with Crippen LogP contribution < -0.4 is 16.7 Å². The Labute approximate surface area is 88.2 Å². The zero-order valence-electron chi connectivity index (χ0n) is 7.74. The molecule has 1 rings (SSSR count). The van der Waals surface area contributed by atoms with Crippen LogP contribution in [0.5, 0.6) is 0 Å². The molecule has 0 aliphatic rings. The molecule has 8 N–H and O–H groups in total. The Kier molecular flexibility index (Phi) is 6.11. The van der Waals surface area contributed by atoms with Crippen molar-refractivity contribution >= 4 is 24.2 Å². The van der Waals surface area contributed by atoms with E-state index in [0.29, 0.717) is 0 Å². The van der Waals surface area contributed by atoms with Gasteiger partial charge in [-0.05, 0) is 0 Å². The summed E-state index contributed by atoms with van der Waals surface area (Å²) >= 11 is -4.89. The van der Waals surface area contributed by atoms with Gasteiger partial charge in [-0.1, -0.05) is 0 Å². The Morgan fingerprint density at radius 3 is 1.80 bits per heavy atom. The van der Waals surface area contributed by atoms with E-state index in [1.165, 1.54) is 0 Å². The predicted molar refractivity (Wildman–Crippen MR) is 53.7 cm³/mol. The second-order valence-electron chi connectivity index (χ2n) is 2.32. The van der Waals surface area contributed by atoms with E-state index in [1.54, 1.807) is 0 Å². The molecule has 9 heteroatoms. The summed E-state index contributed by atoms with van der Waals surface area (Å²) < 4.78 is 28.0. The predicted octanol–water partition coefficient (Wildman–Crippen LogP) is -0.520. The molecule has 0 saturated carbocycles. The van der Waals surface area contributed by atoms with E-state index in [0.717, 1.165) is 24.3 Å². The van der Waals surface area contributed by atoms with Gasteiger partial charge in [-0.3, -0.25) is 0 Å². The maximum absolute atomic E-state index is 10.7. The molecule has 0 heterocycles. The normalized spacial score (nSPS) is 9.73. The van der Waals surface area contributed by atoms with Gasteiger partial charge in [0, 0.05) is 0 Å². The fourth-order valence-corrected chi connectivity index (χ4v) is 1.90. The number of benzene rings is 1. The third-order valence-electron chi connectivity index (χ3n) is 1.40. The van der Waals surface area contributed by atoms with Crippen molar-refractivity contribution in [2.24, 2.45) is 0 Å². The number of rotatable bonds is 2. The summed E-state index contributed by atoms with van der Waals surface area (Å²) in [7, 11) is 0. The molecule has 1 aromatic rings. The second kappa shape index (κ2) is 5.64. The van der Waals surface area contributed by atoms with Gasteiger partial charge in [-0.15, -0.1) is 0 Å². The summed E-state index contributed by atoms with van der Waals surface area (Å²) in [5.74, 6) is 0. The van der Waals surface area contributed by atoms with Crippen LogP contribution in [0, 0.1) is 10.1 Å². The summed E-state index contributed by atoms with van der Waals surface area (Å²) in [6.07, 6.45) is 0. The number of hydrogen-bond acceptors (Lipinski definition) is 5. The van der Waals surface area contributed by atoms with E-state index in [4.69, 9.17) is 8.19 Å². The second-order valence-corrected chi connectivity index (χ2v) is 5.68.